The number of nitrogens with one attached hydrogen (secondary N) is 1. The van der Waals surface area contributed by atoms with E-state index in [1.807, 2.05) is 39.0 Å². The number of hydrogen-bond acceptors (Lipinski definition) is 7. The maximum atomic E-state index is 12.6. The van der Waals surface area contributed by atoms with Crippen LogP contribution in [0.4, 0.5) is 4.79 Å². The Bertz CT molecular complexity index is 970. The number of piperidine rings is 1. The minimum Gasteiger partial charge on any atom is -0.466 e. The summed E-state index contributed by atoms with van der Waals surface area (Å²) in [5, 5.41) is 7.74. The van der Waals surface area contributed by atoms with Crippen LogP contribution in [0.2, 0.25) is 0 Å². The molecule has 3 rings (SSSR count). The van der Waals surface area contributed by atoms with Crippen molar-refractivity contribution in [2.75, 3.05) is 19.7 Å². The molecule has 0 aliphatic carbocycles. The molecule has 0 radical (unpaired) electrons. The van der Waals surface area contributed by atoms with Crippen LogP contribution in [0.5, 0.6) is 0 Å². The Morgan fingerprint density at radius 1 is 1.19 bits per heavy atom. The quantitative estimate of drug-likeness (QED) is 0.681. The van der Waals surface area contributed by atoms with Gasteiger partial charge < -0.3 is 24.2 Å². The minimum atomic E-state index is -0.528. The number of hydrogen-bond donors (Lipinski definition) is 1. The van der Waals surface area contributed by atoms with E-state index in [-0.39, 0.29) is 36.9 Å². The Kier molecular flexibility index (Phi) is 7.37. The highest BCUT2D eigenvalue weighted by atomic mass is 16.6. The van der Waals surface area contributed by atoms with E-state index in [0.29, 0.717) is 54.8 Å². The standard InChI is InChI=1S/C23H31N3O6/c1-5-30-20(28)14-18-17-8-6-7-15(21(17)32-25-18)13-19(27)24-16-9-11-26(12-10-16)22(29)31-23(2,3)4/h6-8,16H,5,9-14H2,1-4H3,(H,24,27). The molecule has 1 N–H and O–H groups in total. The van der Waals surface area contributed by atoms with E-state index < -0.39 is 5.60 Å². The zero-order chi connectivity index (χ0) is 23.3. The van der Waals surface area contributed by atoms with E-state index in [9.17, 15) is 14.4 Å². The summed E-state index contributed by atoms with van der Waals surface area (Å²) >= 11 is 0. The van der Waals surface area contributed by atoms with Gasteiger partial charge in [-0.2, -0.15) is 0 Å². The lowest BCUT2D eigenvalue weighted by Crippen LogP contribution is -2.48. The summed E-state index contributed by atoms with van der Waals surface area (Å²) in [6, 6.07) is 5.44. The second kappa shape index (κ2) is 10.0. The minimum absolute atomic E-state index is 0.00510. The lowest BCUT2D eigenvalue weighted by Gasteiger charge is -2.33. The van der Waals surface area contributed by atoms with Crippen molar-refractivity contribution in [1.82, 2.24) is 15.4 Å². The highest BCUT2D eigenvalue weighted by Gasteiger charge is 2.27. The van der Waals surface area contributed by atoms with Crippen molar-refractivity contribution in [3.05, 3.63) is 29.5 Å². The van der Waals surface area contributed by atoms with E-state index in [4.69, 9.17) is 14.0 Å². The van der Waals surface area contributed by atoms with E-state index in [1.165, 1.54) is 0 Å². The normalized spacial score (nSPS) is 14.9. The van der Waals surface area contributed by atoms with Crippen LogP contribution in [0.25, 0.3) is 11.0 Å². The van der Waals surface area contributed by atoms with Gasteiger partial charge in [0.2, 0.25) is 5.91 Å². The van der Waals surface area contributed by atoms with E-state index in [0.717, 1.165) is 0 Å². The van der Waals surface area contributed by atoms with E-state index in [2.05, 4.69) is 10.5 Å². The van der Waals surface area contributed by atoms with Crippen LogP contribution in [0.15, 0.2) is 22.7 Å². The Labute approximate surface area is 187 Å². The lowest BCUT2D eigenvalue weighted by atomic mass is 10.0. The number of fused-ring (bicyclic) bond motifs is 1. The van der Waals surface area contributed by atoms with Gasteiger partial charge in [-0.15, -0.1) is 0 Å². The van der Waals surface area contributed by atoms with Crippen LogP contribution < -0.4 is 5.32 Å². The Balaban J connectivity index is 1.55. The molecule has 0 bridgehead atoms. The second-order valence-electron chi connectivity index (χ2n) is 8.89. The highest BCUT2D eigenvalue weighted by molar-refractivity contribution is 5.89. The van der Waals surface area contributed by atoms with Crippen LogP contribution in [0.3, 0.4) is 0 Å². The zero-order valence-electron chi connectivity index (χ0n) is 19.1. The highest BCUT2D eigenvalue weighted by Crippen LogP contribution is 2.24. The van der Waals surface area contributed by atoms with Crippen LogP contribution in [0.1, 0.15) is 51.8 Å². The SMILES string of the molecule is CCOC(=O)Cc1noc2c(CC(=O)NC3CCN(C(=O)OC(C)(C)C)CC3)cccc12. The second-order valence-corrected chi connectivity index (χ2v) is 8.89. The largest absolute Gasteiger partial charge is 0.466 e. The molecular formula is C23H31N3O6. The Morgan fingerprint density at radius 2 is 1.91 bits per heavy atom. The molecule has 1 aliphatic heterocycles. The van der Waals surface area contributed by atoms with Crippen molar-refractivity contribution in [2.45, 2.75) is 65.0 Å². The van der Waals surface area contributed by atoms with Gasteiger partial charge in [-0.25, -0.2) is 4.79 Å². The molecule has 0 unspecified atom stereocenters. The zero-order valence-corrected chi connectivity index (χ0v) is 19.1. The summed E-state index contributed by atoms with van der Waals surface area (Å²) < 4.78 is 15.8. The smallest absolute Gasteiger partial charge is 0.410 e. The van der Waals surface area contributed by atoms with Crippen molar-refractivity contribution in [1.29, 1.82) is 0 Å². The number of esters is 1. The summed E-state index contributed by atoms with van der Waals surface area (Å²) in [6.45, 7) is 8.64. The van der Waals surface area contributed by atoms with Gasteiger partial charge in [0, 0.05) is 30.1 Å². The number of rotatable bonds is 6. The third-order valence-corrected chi connectivity index (χ3v) is 5.13. The van der Waals surface area contributed by atoms with Crippen molar-refractivity contribution in [2.24, 2.45) is 0 Å². The molecule has 32 heavy (non-hydrogen) atoms. The summed E-state index contributed by atoms with van der Waals surface area (Å²) in [7, 11) is 0. The summed E-state index contributed by atoms with van der Waals surface area (Å²) in [5.41, 5.74) is 1.17. The number of nitrogens with zero attached hydrogens (tertiary/aromatic N) is 2. The summed E-state index contributed by atoms with van der Waals surface area (Å²) in [6.07, 6.45) is 1.17. The van der Waals surface area contributed by atoms with Crippen molar-refractivity contribution in [3.63, 3.8) is 0 Å². The molecule has 1 aromatic carbocycles. The maximum Gasteiger partial charge on any atom is 0.410 e. The van der Waals surface area contributed by atoms with Crippen LogP contribution in [-0.2, 0) is 31.9 Å². The first-order chi connectivity index (χ1) is 15.2. The third-order valence-electron chi connectivity index (χ3n) is 5.13. The number of carbonyl (C=O) groups is 3. The molecule has 0 saturated carbocycles. The van der Waals surface area contributed by atoms with Crippen LogP contribution in [0, 0.1) is 0 Å². The molecule has 2 heterocycles. The number of likely N-dealkylation sites (tertiary alicyclic amines) is 1. The number of para-hydroxylation sites is 1. The van der Waals surface area contributed by atoms with Gasteiger partial charge in [0.05, 0.1) is 19.4 Å². The fraction of sp³-hybridized carbons (Fsp3) is 0.565. The van der Waals surface area contributed by atoms with Crippen LogP contribution >= 0.6 is 0 Å². The fourth-order valence-electron chi connectivity index (χ4n) is 3.67. The van der Waals surface area contributed by atoms with Crippen LogP contribution in [-0.4, -0.2) is 59.4 Å². The van der Waals surface area contributed by atoms with E-state index >= 15 is 0 Å². The van der Waals surface area contributed by atoms with Gasteiger partial charge in [0.25, 0.3) is 0 Å². The molecule has 1 aromatic heterocycles. The average molecular weight is 446 g/mol. The number of ether oxygens (including phenoxy) is 2. The van der Waals surface area contributed by atoms with Crippen molar-refractivity contribution < 1.29 is 28.4 Å². The predicted octanol–water partition coefficient (Wildman–Crippen LogP) is 2.99. The van der Waals surface area contributed by atoms with Gasteiger partial charge >= 0.3 is 12.1 Å². The van der Waals surface area contributed by atoms with Gasteiger partial charge in [0.1, 0.15) is 11.3 Å². The number of carbonyl (C=O) groups excluding carboxylic acids is 3. The van der Waals surface area contributed by atoms with Crippen molar-refractivity contribution >= 4 is 28.9 Å². The molecule has 2 amide bonds. The molecule has 1 aliphatic rings. The van der Waals surface area contributed by atoms with Gasteiger partial charge in [-0.1, -0.05) is 17.3 Å². The number of benzene rings is 1. The number of aromatic nitrogens is 1. The third kappa shape index (κ3) is 6.21. The first-order valence-corrected chi connectivity index (χ1v) is 11.0. The van der Waals surface area contributed by atoms with Crippen molar-refractivity contribution in [3.8, 4) is 0 Å². The monoisotopic (exact) mass is 445 g/mol. The molecule has 1 saturated heterocycles. The first-order valence-electron chi connectivity index (χ1n) is 11.0. The average Bonchev–Trinajstić information content (AvgIpc) is 3.11. The Morgan fingerprint density at radius 3 is 2.56 bits per heavy atom. The molecule has 0 spiro atoms. The van der Waals surface area contributed by atoms with Gasteiger partial charge in [-0.05, 0) is 46.6 Å². The van der Waals surface area contributed by atoms with E-state index in [1.54, 1.807) is 11.8 Å². The fourth-order valence-corrected chi connectivity index (χ4v) is 3.67. The summed E-state index contributed by atoms with van der Waals surface area (Å²) in [4.78, 5) is 38.3. The molecule has 9 nitrogen and oxygen atoms in total. The molecule has 2 aromatic rings. The molecule has 0 atom stereocenters. The summed E-state index contributed by atoms with van der Waals surface area (Å²) in [5.74, 6) is -0.500. The Hall–Kier alpha value is -3.10. The topological polar surface area (TPSA) is 111 Å². The first kappa shape index (κ1) is 23.6. The molecule has 9 heteroatoms. The van der Waals surface area contributed by atoms with Gasteiger partial charge in [0.15, 0.2) is 5.58 Å². The molecule has 1 fully saturated rings. The molecular weight excluding hydrogens is 414 g/mol. The lowest BCUT2D eigenvalue weighted by molar-refractivity contribution is -0.142. The maximum absolute atomic E-state index is 12.6. The molecule has 174 valence electrons. The number of amides is 2. The predicted molar refractivity (Wildman–Crippen MR) is 117 cm³/mol. The van der Waals surface area contributed by atoms with Gasteiger partial charge in [-0.3, -0.25) is 9.59 Å².